The van der Waals surface area contributed by atoms with Crippen molar-refractivity contribution in [3.63, 3.8) is 0 Å². The molecule has 1 aliphatic heterocycles. The number of nitrogens with two attached hydrogens (primary N) is 1. The molecule has 1 fully saturated rings. The fourth-order valence-corrected chi connectivity index (χ4v) is 2.79. The van der Waals surface area contributed by atoms with Crippen molar-refractivity contribution in [2.45, 2.75) is 31.8 Å². The zero-order valence-electron chi connectivity index (χ0n) is 12.7. The lowest BCUT2D eigenvalue weighted by Gasteiger charge is -2.35. The lowest BCUT2D eigenvalue weighted by Crippen LogP contribution is -2.47. The molecule has 1 atom stereocenters. The predicted octanol–water partition coefficient (Wildman–Crippen LogP) is 1.55. The van der Waals surface area contributed by atoms with E-state index in [1.165, 1.54) is 5.56 Å². The van der Waals surface area contributed by atoms with Gasteiger partial charge in [-0.3, -0.25) is 9.69 Å². The molecule has 1 aromatic carbocycles. The van der Waals surface area contributed by atoms with Crippen molar-refractivity contribution in [3.8, 4) is 0 Å². The molecule has 2 N–H and O–H groups in total. The van der Waals surface area contributed by atoms with Gasteiger partial charge in [0, 0.05) is 19.1 Å². The summed E-state index contributed by atoms with van der Waals surface area (Å²) in [5.41, 5.74) is 8.16. The van der Waals surface area contributed by atoms with E-state index in [1.807, 2.05) is 36.0 Å². The van der Waals surface area contributed by atoms with Gasteiger partial charge in [-0.25, -0.2) is 0 Å². The van der Waals surface area contributed by atoms with Crippen molar-refractivity contribution >= 4 is 5.91 Å². The number of amides is 1. The first kappa shape index (κ1) is 15.0. The third-order valence-corrected chi connectivity index (χ3v) is 3.96. The summed E-state index contributed by atoms with van der Waals surface area (Å²) in [6.07, 6.45) is 1.80. The van der Waals surface area contributed by atoms with E-state index in [4.69, 9.17) is 5.73 Å². The summed E-state index contributed by atoms with van der Waals surface area (Å²) in [6, 6.07) is 8.24. The van der Waals surface area contributed by atoms with E-state index < -0.39 is 0 Å². The standard InChI is InChI=1S/C16H25N3O/c1-12-5-4-6-13(11-12)15(18(2)3)16(20)19-9-7-14(17)8-10-19/h4-6,11,14-15H,7-10,17H2,1-3H3. The average Bonchev–Trinajstić information content (AvgIpc) is 2.39. The largest absolute Gasteiger partial charge is 0.341 e. The highest BCUT2D eigenvalue weighted by atomic mass is 16.2. The summed E-state index contributed by atoms with van der Waals surface area (Å²) < 4.78 is 0. The van der Waals surface area contributed by atoms with E-state index >= 15 is 0 Å². The fraction of sp³-hybridized carbons (Fsp3) is 0.562. The van der Waals surface area contributed by atoms with Gasteiger partial charge in [0.25, 0.3) is 0 Å². The second-order valence-corrected chi connectivity index (χ2v) is 5.94. The summed E-state index contributed by atoms with van der Waals surface area (Å²) in [5, 5.41) is 0. The Balaban J connectivity index is 2.18. The van der Waals surface area contributed by atoms with E-state index in [1.54, 1.807) is 0 Å². The normalized spacial score (nSPS) is 18.4. The van der Waals surface area contributed by atoms with E-state index in [9.17, 15) is 4.79 Å². The third-order valence-electron chi connectivity index (χ3n) is 3.96. The topological polar surface area (TPSA) is 49.6 Å². The Morgan fingerprint density at radius 3 is 2.55 bits per heavy atom. The number of likely N-dealkylation sites (N-methyl/N-ethyl adjacent to an activating group) is 1. The third kappa shape index (κ3) is 3.38. The smallest absolute Gasteiger partial charge is 0.244 e. The van der Waals surface area contributed by atoms with Crippen LogP contribution in [0.25, 0.3) is 0 Å². The molecule has 1 aliphatic rings. The summed E-state index contributed by atoms with van der Waals surface area (Å²) in [4.78, 5) is 16.7. The summed E-state index contributed by atoms with van der Waals surface area (Å²) >= 11 is 0. The van der Waals surface area contributed by atoms with Gasteiger partial charge in [-0.1, -0.05) is 29.8 Å². The van der Waals surface area contributed by atoms with Gasteiger partial charge in [-0.05, 0) is 39.4 Å². The van der Waals surface area contributed by atoms with Crippen LogP contribution in [-0.2, 0) is 4.79 Å². The van der Waals surface area contributed by atoms with Gasteiger partial charge in [0.2, 0.25) is 5.91 Å². The van der Waals surface area contributed by atoms with Gasteiger partial charge in [0.1, 0.15) is 6.04 Å². The predicted molar refractivity (Wildman–Crippen MR) is 81.4 cm³/mol. The van der Waals surface area contributed by atoms with Gasteiger partial charge in [-0.15, -0.1) is 0 Å². The van der Waals surface area contributed by atoms with Crippen LogP contribution in [0.2, 0.25) is 0 Å². The quantitative estimate of drug-likeness (QED) is 0.910. The van der Waals surface area contributed by atoms with Crippen molar-refractivity contribution in [3.05, 3.63) is 35.4 Å². The molecule has 0 radical (unpaired) electrons. The number of piperidine rings is 1. The van der Waals surface area contributed by atoms with Crippen LogP contribution in [0.1, 0.15) is 30.0 Å². The van der Waals surface area contributed by atoms with Crippen molar-refractivity contribution in [1.82, 2.24) is 9.80 Å². The molecular formula is C16H25N3O. The van der Waals surface area contributed by atoms with Crippen LogP contribution >= 0.6 is 0 Å². The Bertz CT molecular complexity index is 465. The minimum absolute atomic E-state index is 0.188. The molecule has 4 heteroatoms. The number of hydrogen-bond acceptors (Lipinski definition) is 3. The molecule has 0 aromatic heterocycles. The number of carbonyl (C=O) groups excluding carboxylic acids is 1. The Labute approximate surface area is 121 Å². The van der Waals surface area contributed by atoms with Crippen molar-refractivity contribution in [2.24, 2.45) is 5.73 Å². The molecule has 1 unspecified atom stereocenters. The van der Waals surface area contributed by atoms with Crippen LogP contribution in [0.4, 0.5) is 0 Å². The van der Waals surface area contributed by atoms with Gasteiger partial charge in [0.15, 0.2) is 0 Å². The second kappa shape index (κ2) is 6.37. The van der Waals surface area contributed by atoms with Crippen LogP contribution in [0.3, 0.4) is 0 Å². The van der Waals surface area contributed by atoms with Crippen molar-refractivity contribution in [1.29, 1.82) is 0 Å². The minimum Gasteiger partial charge on any atom is -0.341 e. The molecule has 0 saturated carbocycles. The van der Waals surface area contributed by atoms with Gasteiger partial charge < -0.3 is 10.6 Å². The molecule has 4 nitrogen and oxygen atoms in total. The molecule has 2 rings (SSSR count). The number of aryl methyl sites for hydroxylation is 1. The number of nitrogens with zero attached hydrogens (tertiary/aromatic N) is 2. The molecular weight excluding hydrogens is 250 g/mol. The Kier molecular flexibility index (Phi) is 4.78. The van der Waals surface area contributed by atoms with Crippen LogP contribution in [-0.4, -0.2) is 48.9 Å². The average molecular weight is 275 g/mol. The number of hydrogen-bond donors (Lipinski definition) is 1. The van der Waals surface area contributed by atoms with Gasteiger partial charge in [-0.2, -0.15) is 0 Å². The monoisotopic (exact) mass is 275 g/mol. The lowest BCUT2D eigenvalue weighted by atomic mass is 10.00. The summed E-state index contributed by atoms with van der Waals surface area (Å²) in [5.74, 6) is 0.188. The highest BCUT2D eigenvalue weighted by Gasteiger charge is 2.29. The molecule has 20 heavy (non-hydrogen) atoms. The van der Waals surface area contributed by atoms with Crippen LogP contribution in [0.15, 0.2) is 24.3 Å². The summed E-state index contributed by atoms with van der Waals surface area (Å²) in [6.45, 7) is 3.60. The zero-order chi connectivity index (χ0) is 14.7. The maximum Gasteiger partial charge on any atom is 0.244 e. The van der Waals surface area contributed by atoms with Crippen molar-refractivity contribution < 1.29 is 4.79 Å². The highest BCUT2D eigenvalue weighted by molar-refractivity contribution is 5.83. The molecule has 0 bridgehead atoms. The Morgan fingerprint density at radius 2 is 2.00 bits per heavy atom. The van der Waals surface area contributed by atoms with Gasteiger partial charge >= 0.3 is 0 Å². The minimum atomic E-state index is -0.204. The first-order valence-corrected chi connectivity index (χ1v) is 7.26. The second-order valence-electron chi connectivity index (χ2n) is 5.94. The number of rotatable bonds is 3. The Hall–Kier alpha value is -1.39. The molecule has 0 aliphatic carbocycles. The number of benzene rings is 1. The molecule has 1 heterocycles. The zero-order valence-corrected chi connectivity index (χ0v) is 12.7. The SMILES string of the molecule is Cc1cccc(C(C(=O)N2CCC(N)CC2)N(C)C)c1. The maximum atomic E-state index is 12.8. The van der Waals surface area contributed by atoms with E-state index in [0.717, 1.165) is 31.5 Å². The lowest BCUT2D eigenvalue weighted by molar-refractivity contribution is -0.137. The highest BCUT2D eigenvalue weighted by Crippen LogP contribution is 2.23. The van der Waals surface area contributed by atoms with E-state index in [0.29, 0.717) is 0 Å². The maximum absolute atomic E-state index is 12.8. The first-order valence-electron chi connectivity index (χ1n) is 7.26. The van der Waals surface area contributed by atoms with E-state index in [-0.39, 0.29) is 18.0 Å². The van der Waals surface area contributed by atoms with Crippen LogP contribution in [0.5, 0.6) is 0 Å². The molecule has 0 spiro atoms. The number of carbonyl (C=O) groups is 1. The molecule has 1 amide bonds. The van der Waals surface area contributed by atoms with Crippen LogP contribution < -0.4 is 5.73 Å². The molecule has 110 valence electrons. The fourth-order valence-electron chi connectivity index (χ4n) is 2.79. The number of likely N-dealkylation sites (tertiary alicyclic amines) is 1. The van der Waals surface area contributed by atoms with Gasteiger partial charge in [0.05, 0.1) is 0 Å². The first-order chi connectivity index (χ1) is 9.49. The molecule has 1 aromatic rings. The van der Waals surface area contributed by atoms with Crippen LogP contribution in [0, 0.1) is 6.92 Å². The van der Waals surface area contributed by atoms with E-state index in [2.05, 4.69) is 19.1 Å². The Morgan fingerprint density at radius 1 is 1.35 bits per heavy atom. The van der Waals surface area contributed by atoms with Crippen molar-refractivity contribution in [2.75, 3.05) is 27.2 Å². The molecule has 1 saturated heterocycles. The summed E-state index contributed by atoms with van der Waals surface area (Å²) in [7, 11) is 3.92.